The molecule has 0 atom stereocenters. The lowest BCUT2D eigenvalue weighted by Crippen LogP contribution is -2.27. The summed E-state index contributed by atoms with van der Waals surface area (Å²) in [6, 6.07) is 14.3. The molecule has 0 aliphatic carbocycles. The summed E-state index contributed by atoms with van der Waals surface area (Å²) in [7, 11) is 0. The van der Waals surface area contributed by atoms with Crippen LogP contribution in [0.3, 0.4) is 0 Å². The molecule has 0 bridgehead atoms. The predicted octanol–water partition coefficient (Wildman–Crippen LogP) is 3.71. The van der Waals surface area contributed by atoms with Gasteiger partial charge in [-0.15, -0.1) is 0 Å². The topological polar surface area (TPSA) is 71.1 Å². The van der Waals surface area contributed by atoms with E-state index in [0.29, 0.717) is 15.7 Å². The van der Waals surface area contributed by atoms with Gasteiger partial charge in [0.2, 0.25) is 5.91 Å². The summed E-state index contributed by atoms with van der Waals surface area (Å²) in [5.41, 5.74) is 1.36. The van der Waals surface area contributed by atoms with Crippen molar-refractivity contribution in [1.82, 2.24) is 10.3 Å². The Morgan fingerprint density at radius 1 is 1.12 bits per heavy atom. The Morgan fingerprint density at radius 2 is 1.92 bits per heavy atom. The van der Waals surface area contributed by atoms with Gasteiger partial charge in [-0.1, -0.05) is 41.1 Å². The van der Waals surface area contributed by atoms with E-state index in [2.05, 4.69) is 15.6 Å². The molecule has 1 aromatic heterocycles. The number of rotatable bonds is 5. The number of amides is 2. The van der Waals surface area contributed by atoms with Crippen LogP contribution in [0.4, 0.5) is 5.13 Å². The monoisotopic (exact) mass is 359 g/mol. The van der Waals surface area contributed by atoms with Crippen molar-refractivity contribution in [2.45, 2.75) is 6.42 Å². The third kappa shape index (κ3) is 4.10. The van der Waals surface area contributed by atoms with Crippen molar-refractivity contribution in [3.8, 4) is 0 Å². The second-order valence-electron chi connectivity index (χ2n) is 5.05. The van der Waals surface area contributed by atoms with E-state index < -0.39 is 0 Å². The van der Waals surface area contributed by atoms with E-state index in [1.54, 1.807) is 30.3 Å². The van der Waals surface area contributed by atoms with E-state index >= 15 is 0 Å². The molecule has 3 rings (SSSR count). The zero-order valence-corrected chi connectivity index (χ0v) is 14.2. The standard InChI is InChI=1S/C17H14ClN3O2S/c18-12-6-7-13-14(10-12)24-17(20-13)21-15(22)8-9-19-16(23)11-4-2-1-3-5-11/h1-7,10H,8-9H2,(H,19,23)(H,20,21,22). The largest absolute Gasteiger partial charge is 0.352 e. The maximum absolute atomic E-state index is 12.0. The molecule has 0 aliphatic rings. The Labute approximate surface area is 147 Å². The van der Waals surface area contributed by atoms with Gasteiger partial charge in [-0.2, -0.15) is 0 Å². The Bertz CT molecular complexity index is 880. The molecule has 24 heavy (non-hydrogen) atoms. The molecule has 0 spiro atoms. The van der Waals surface area contributed by atoms with Crippen molar-refractivity contribution >= 4 is 50.1 Å². The number of thiazole rings is 1. The number of anilines is 1. The Morgan fingerprint density at radius 3 is 2.71 bits per heavy atom. The molecule has 0 saturated carbocycles. The van der Waals surface area contributed by atoms with Crippen LogP contribution in [0.1, 0.15) is 16.8 Å². The van der Waals surface area contributed by atoms with Gasteiger partial charge in [-0.05, 0) is 30.3 Å². The van der Waals surface area contributed by atoms with Crippen LogP contribution in [-0.4, -0.2) is 23.3 Å². The van der Waals surface area contributed by atoms with Crippen LogP contribution in [-0.2, 0) is 4.79 Å². The van der Waals surface area contributed by atoms with Gasteiger partial charge in [0.15, 0.2) is 5.13 Å². The van der Waals surface area contributed by atoms with Gasteiger partial charge >= 0.3 is 0 Å². The second kappa shape index (κ2) is 7.42. The Kier molecular flexibility index (Phi) is 5.08. The van der Waals surface area contributed by atoms with Crippen molar-refractivity contribution in [3.05, 3.63) is 59.1 Å². The van der Waals surface area contributed by atoms with Crippen molar-refractivity contribution in [2.24, 2.45) is 0 Å². The van der Waals surface area contributed by atoms with E-state index in [1.165, 1.54) is 11.3 Å². The maximum atomic E-state index is 12.0. The van der Waals surface area contributed by atoms with Crippen molar-refractivity contribution < 1.29 is 9.59 Å². The van der Waals surface area contributed by atoms with Gasteiger partial charge in [0.1, 0.15) is 0 Å². The summed E-state index contributed by atoms with van der Waals surface area (Å²) in [5.74, 6) is -0.397. The molecule has 7 heteroatoms. The van der Waals surface area contributed by atoms with Gasteiger partial charge in [-0.3, -0.25) is 9.59 Å². The fraction of sp³-hybridized carbons (Fsp3) is 0.118. The molecule has 2 N–H and O–H groups in total. The molecule has 2 aromatic carbocycles. The smallest absolute Gasteiger partial charge is 0.251 e. The third-order valence-corrected chi connectivity index (χ3v) is 4.44. The quantitative estimate of drug-likeness (QED) is 0.729. The highest BCUT2D eigenvalue weighted by molar-refractivity contribution is 7.22. The summed E-state index contributed by atoms with van der Waals surface area (Å²) >= 11 is 7.30. The molecule has 122 valence electrons. The van der Waals surface area contributed by atoms with Gasteiger partial charge in [0.05, 0.1) is 10.2 Å². The van der Waals surface area contributed by atoms with Crippen LogP contribution in [0.25, 0.3) is 10.2 Å². The molecule has 0 unspecified atom stereocenters. The molecular weight excluding hydrogens is 346 g/mol. The first kappa shape index (κ1) is 16.4. The normalized spacial score (nSPS) is 10.5. The highest BCUT2D eigenvalue weighted by atomic mass is 35.5. The van der Waals surface area contributed by atoms with Crippen molar-refractivity contribution in [1.29, 1.82) is 0 Å². The number of nitrogens with zero attached hydrogens (tertiary/aromatic N) is 1. The molecule has 0 fully saturated rings. The number of aromatic nitrogens is 1. The minimum absolute atomic E-state index is 0.176. The first-order valence-corrected chi connectivity index (χ1v) is 8.50. The lowest BCUT2D eigenvalue weighted by molar-refractivity contribution is -0.116. The Balaban J connectivity index is 1.51. The molecular formula is C17H14ClN3O2S. The van der Waals surface area contributed by atoms with E-state index in [9.17, 15) is 9.59 Å². The number of carbonyl (C=O) groups excluding carboxylic acids is 2. The first-order chi connectivity index (χ1) is 11.6. The number of benzene rings is 2. The van der Waals surface area contributed by atoms with Crippen LogP contribution < -0.4 is 10.6 Å². The number of fused-ring (bicyclic) bond motifs is 1. The van der Waals surface area contributed by atoms with Crippen molar-refractivity contribution in [3.63, 3.8) is 0 Å². The fourth-order valence-electron chi connectivity index (χ4n) is 2.11. The van der Waals surface area contributed by atoms with Crippen LogP contribution in [0.2, 0.25) is 5.02 Å². The minimum atomic E-state index is -0.200. The zero-order valence-electron chi connectivity index (χ0n) is 12.6. The van der Waals surface area contributed by atoms with Crippen molar-refractivity contribution in [2.75, 3.05) is 11.9 Å². The van der Waals surface area contributed by atoms with Gasteiger partial charge in [0.25, 0.3) is 5.91 Å². The van der Waals surface area contributed by atoms with Crippen LogP contribution in [0.15, 0.2) is 48.5 Å². The molecule has 1 heterocycles. The van der Waals surface area contributed by atoms with E-state index in [4.69, 9.17) is 11.6 Å². The minimum Gasteiger partial charge on any atom is -0.352 e. The Hall–Kier alpha value is -2.44. The summed E-state index contributed by atoms with van der Waals surface area (Å²) in [6.07, 6.45) is 0.176. The maximum Gasteiger partial charge on any atom is 0.251 e. The predicted molar refractivity (Wildman–Crippen MR) is 96.7 cm³/mol. The molecule has 0 radical (unpaired) electrons. The van der Waals surface area contributed by atoms with Gasteiger partial charge < -0.3 is 10.6 Å². The second-order valence-corrected chi connectivity index (χ2v) is 6.52. The first-order valence-electron chi connectivity index (χ1n) is 7.31. The van der Waals surface area contributed by atoms with Crippen LogP contribution in [0.5, 0.6) is 0 Å². The van der Waals surface area contributed by atoms with Crippen LogP contribution >= 0.6 is 22.9 Å². The highest BCUT2D eigenvalue weighted by Crippen LogP contribution is 2.28. The summed E-state index contributed by atoms with van der Waals surface area (Å²) < 4.78 is 0.912. The highest BCUT2D eigenvalue weighted by Gasteiger charge is 2.09. The molecule has 5 nitrogen and oxygen atoms in total. The summed E-state index contributed by atoms with van der Waals surface area (Å²) in [4.78, 5) is 28.1. The third-order valence-electron chi connectivity index (χ3n) is 3.27. The van der Waals surface area contributed by atoms with Gasteiger partial charge in [-0.25, -0.2) is 4.98 Å². The van der Waals surface area contributed by atoms with Crippen LogP contribution in [0, 0.1) is 0 Å². The molecule has 0 saturated heterocycles. The lowest BCUT2D eigenvalue weighted by atomic mass is 10.2. The SMILES string of the molecule is O=C(CCNC(=O)c1ccccc1)Nc1nc2ccc(Cl)cc2s1. The van der Waals surface area contributed by atoms with E-state index in [1.807, 2.05) is 18.2 Å². The summed E-state index contributed by atoms with van der Waals surface area (Å²) in [6.45, 7) is 0.260. The molecule has 0 aliphatic heterocycles. The lowest BCUT2D eigenvalue weighted by Gasteiger charge is -2.05. The molecule has 2 amide bonds. The molecule has 3 aromatic rings. The fourth-order valence-corrected chi connectivity index (χ4v) is 3.27. The van der Waals surface area contributed by atoms with E-state index in [0.717, 1.165) is 10.2 Å². The average molecular weight is 360 g/mol. The number of carbonyl (C=O) groups is 2. The number of nitrogens with one attached hydrogen (secondary N) is 2. The van der Waals surface area contributed by atoms with E-state index in [-0.39, 0.29) is 24.8 Å². The van der Waals surface area contributed by atoms with Gasteiger partial charge in [0, 0.05) is 23.6 Å². The number of hydrogen-bond acceptors (Lipinski definition) is 4. The number of halogens is 1. The average Bonchev–Trinajstić information content (AvgIpc) is 2.96. The summed E-state index contributed by atoms with van der Waals surface area (Å²) in [5, 5.41) is 6.61. The zero-order chi connectivity index (χ0) is 16.9. The number of hydrogen-bond donors (Lipinski definition) is 2.